The Hall–Kier alpha value is -1.90. The molecule has 0 aliphatic heterocycles. The summed E-state index contributed by atoms with van der Waals surface area (Å²) in [5.41, 5.74) is -0.257. The summed E-state index contributed by atoms with van der Waals surface area (Å²) >= 11 is 5.69. The van der Waals surface area contributed by atoms with Crippen molar-refractivity contribution in [1.29, 1.82) is 0 Å². The number of carbonyl (C=O) groups excluding carboxylic acids is 2. The molecule has 2 amide bonds. The molecular formula is C11H8ClF5N2O2. The third-order valence-corrected chi connectivity index (χ3v) is 2.49. The predicted molar refractivity (Wildman–Crippen MR) is 65.4 cm³/mol. The van der Waals surface area contributed by atoms with Crippen molar-refractivity contribution < 1.29 is 31.5 Å². The van der Waals surface area contributed by atoms with Crippen molar-refractivity contribution in [3.05, 3.63) is 23.2 Å². The molecule has 0 unspecified atom stereocenters. The summed E-state index contributed by atoms with van der Waals surface area (Å²) in [5.74, 6) is -8.52. The molecular weight excluding hydrogens is 323 g/mol. The van der Waals surface area contributed by atoms with Gasteiger partial charge in [0, 0.05) is 12.6 Å². The first-order chi connectivity index (χ1) is 9.45. The number of amides is 2. The lowest BCUT2D eigenvalue weighted by molar-refractivity contribution is -0.267. The standard InChI is InChI=1S/C11H8ClF5N2O2/c1-5(20)18-8-3-2-6(4-7(8)12)19-9(21)10(13,14)11(15,16)17/h2-4H,1H3,(H,18,20)(H,19,21). The van der Waals surface area contributed by atoms with Gasteiger partial charge >= 0.3 is 18.0 Å². The maximum atomic E-state index is 12.7. The van der Waals surface area contributed by atoms with Crippen molar-refractivity contribution >= 4 is 34.8 Å². The van der Waals surface area contributed by atoms with Crippen LogP contribution in [0.1, 0.15) is 6.92 Å². The van der Waals surface area contributed by atoms with Gasteiger partial charge in [-0.05, 0) is 18.2 Å². The molecule has 0 aromatic heterocycles. The summed E-state index contributed by atoms with van der Waals surface area (Å²) in [6.45, 7) is 1.19. The van der Waals surface area contributed by atoms with Crippen LogP contribution in [-0.2, 0) is 9.59 Å². The minimum atomic E-state index is -6.00. The van der Waals surface area contributed by atoms with Gasteiger partial charge in [0.1, 0.15) is 0 Å². The van der Waals surface area contributed by atoms with Crippen LogP contribution in [0.3, 0.4) is 0 Å². The third-order valence-electron chi connectivity index (χ3n) is 2.18. The van der Waals surface area contributed by atoms with Gasteiger partial charge < -0.3 is 10.6 Å². The molecule has 0 heterocycles. The van der Waals surface area contributed by atoms with E-state index in [-0.39, 0.29) is 16.4 Å². The lowest BCUT2D eigenvalue weighted by Gasteiger charge is -2.18. The zero-order chi connectivity index (χ0) is 16.4. The molecule has 116 valence electrons. The van der Waals surface area contributed by atoms with Gasteiger partial charge in [0.15, 0.2) is 0 Å². The Balaban J connectivity index is 2.92. The van der Waals surface area contributed by atoms with Gasteiger partial charge in [0.2, 0.25) is 5.91 Å². The van der Waals surface area contributed by atoms with Gasteiger partial charge in [-0.25, -0.2) is 0 Å². The number of hydrogen-bond acceptors (Lipinski definition) is 2. The molecule has 1 aromatic rings. The van der Waals surface area contributed by atoms with Crippen LogP contribution < -0.4 is 10.6 Å². The average molecular weight is 331 g/mol. The topological polar surface area (TPSA) is 58.2 Å². The number of alkyl halides is 5. The minimum absolute atomic E-state index is 0.116. The SMILES string of the molecule is CC(=O)Nc1ccc(NC(=O)C(F)(F)C(F)(F)F)cc1Cl. The second-order valence-corrected chi connectivity index (χ2v) is 4.31. The van der Waals surface area contributed by atoms with Crippen molar-refractivity contribution in [3.63, 3.8) is 0 Å². The summed E-state index contributed by atoms with van der Waals surface area (Å²) in [4.78, 5) is 21.8. The Morgan fingerprint density at radius 2 is 1.67 bits per heavy atom. The highest BCUT2D eigenvalue weighted by molar-refractivity contribution is 6.34. The molecule has 0 atom stereocenters. The Labute approximate surface area is 120 Å². The fourth-order valence-corrected chi connectivity index (χ4v) is 1.45. The van der Waals surface area contributed by atoms with Crippen LogP contribution in [0.5, 0.6) is 0 Å². The van der Waals surface area contributed by atoms with Crippen LogP contribution in [0.4, 0.5) is 33.3 Å². The van der Waals surface area contributed by atoms with Gasteiger partial charge in [-0.3, -0.25) is 9.59 Å². The van der Waals surface area contributed by atoms with Crippen LogP contribution in [0.15, 0.2) is 18.2 Å². The van der Waals surface area contributed by atoms with E-state index in [1.54, 1.807) is 0 Å². The largest absolute Gasteiger partial charge is 0.463 e. The fourth-order valence-electron chi connectivity index (χ4n) is 1.22. The predicted octanol–water partition coefficient (Wildman–Crippen LogP) is 3.43. The lowest BCUT2D eigenvalue weighted by Crippen LogP contribution is -2.47. The van der Waals surface area contributed by atoms with E-state index in [0.29, 0.717) is 0 Å². The van der Waals surface area contributed by atoms with Crippen molar-refractivity contribution in [2.24, 2.45) is 0 Å². The van der Waals surface area contributed by atoms with Crippen LogP contribution >= 0.6 is 11.6 Å². The monoisotopic (exact) mass is 330 g/mol. The first-order valence-corrected chi connectivity index (χ1v) is 5.66. The van der Waals surface area contributed by atoms with Gasteiger partial charge in [-0.15, -0.1) is 0 Å². The Kier molecular flexibility index (Phi) is 4.77. The molecule has 0 bridgehead atoms. The molecule has 0 aliphatic carbocycles. The van der Waals surface area contributed by atoms with Crippen molar-refractivity contribution in [3.8, 4) is 0 Å². The molecule has 4 nitrogen and oxygen atoms in total. The second-order valence-electron chi connectivity index (χ2n) is 3.90. The summed E-state index contributed by atoms with van der Waals surface area (Å²) in [6, 6.07) is 3.09. The number of halogens is 6. The quantitative estimate of drug-likeness (QED) is 0.834. The smallest absolute Gasteiger partial charge is 0.325 e. The highest BCUT2D eigenvalue weighted by atomic mass is 35.5. The zero-order valence-electron chi connectivity index (χ0n) is 10.3. The summed E-state index contributed by atoms with van der Waals surface area (Å²) in [5, 5.41) is 3.56. The summed E-state index contributed by atoms with van der Waals surface area (Å²) in [6.07, 6.45) is -6.00. The van der Waals surface area contributed by atoms with Crippen molar-refractivity contribution in [1.82, 2.24) is 0 Å². The number of nitrogens with one attached hydrogen (secondary N) is 2. The van der Waals surface area contributed by atoms with Crippen molar-refractivity contribution in [2.75, 3.05) is 10.6 Å². The molecule has 1 aromatic carbocycles. The van der Waals surface area contributed by atoms with E-state index in [0.717, 1.165) is 18.2 Å². The Bertz CT molecular complexity index is 574. The van der Waals surface area contributed by atoms with E-state index in [2.05, 4.69) is 5.32 Å². The van der Waals surface area contributed by atoms with Gasteiger partial charge in [0.25, 0.3) is 0 Å². The lowest BCUT2D eigenvalue weighted by atomic mass is 10.2. The van der Waals surface area contributed by atoms with Gasteiger partial charge in [-0.2, -0.15) is 22.0 Å². The molecule has 0 saturated carbocycles. The van der Waals surface area contributed by atoms with E-state index in [1.165, 1.54) is 12.2 Å². The second kappa shape index (κ2) is 5.84. The third kappa shape index (κ3) is 4.03. The highest BCUT2D eigenvalue weighted by Gasteiger charge is 2.63. The number of anilines is 2. The van der Waals surface area contributed by atoms with E-state index >= 15 is 0 Å². The number of benzene rings is 1. The van der Waals surface area contributed by atoms with Gasteiger partial charge in [-0.1, -0.05) is 11.6 Å². The van der Waals surface area contributed by atoms with E-state index < -0.39 is 23.9 Å². The fraction of sp³-hybridized carbons (Fsp3) is 0.273. The van der Waals surface area contributed by atoms with E-state index in [1.807, 2.05) is 0 Å². The maximum absolute atomic E-state index is 12.7. The minimum Gasteiger partial charge on any atom is -0.325 e. The highest BCUT2D eigenvalue weighted by Crippen LogP contribution is 2.36. The molecule has 1 rings (SSSR count). The normalized spacial score (nSPS) is 12.0. The van der Waals surface area contributed by atoms with E-state index in [9.17, 15) is 31.5 Å². The molecule has 0 saturated heterocycles. The van der Waals surface area contributed by atoms with Crippen LogP contribution in [0.2, 0.25) is 5.02 Å². The average Bonchev–Trinajstić information content (AvgIpc) is 2.30. The van der Waals surface area contributed by atoms with Crippen LogP contribution in [0.25, 0.3) is 0 Å². The molecule has 0 aliphatic rings. The Morgan fingerprint density at radius 1 is 1.10 bits per heavy atom. The first kappa shape index (κ1) is 17.2. The first-order valence-electron chi connectivity index (χ1n) is 5.28. The summed E-state index contributed by atoms with van der Waals surface area (Å²) < 4.78 is 61.4. The molecule has 21 heavy (non-hydrogen) atoms. The summed E-state index contributed by atoms with van der Waals surface area (Å²) in [7, 11) is 0. The number of rotatable bonds is 3. The van der Waals surface area contributed by atoms with E-state index in [4.69, 9.17) is 11.6 Å². The molecule has 0 fully saturated rings. The molecule has 0 spiro atoms. The van der Waals surface area contributed by atoms with Crippen LogP contribution in [0, 0.1) is 0 Å². The molecule has 0 radical (unpaired) electrons. The van der Waals surface area contributed by atoms with Crippen molar-refractivity contribution in [2.45, 2.75) is 19.0 Å². The van der Waals surface area contributed by atoms with Gasteiger partial charge in [0.05, 0.1) is 10.7 Å². The number of hydrogen-bond donors (Lipinski definition) is 2. The van der Waals surface area contributed by atoms with Crippen LogP contribution in [-0.4, -0.2) is 23.9 Å². The molecule has 2 N–H and O–H groups in total. The Morgan fingerprint density at radius 3 is 2.10 bits per heavy atom. The zero-order valence-corrected chi connectivity index (χ0v) is 11.1. The molecule has 10 heteroatoms. The number of carbonyl (C=O) groups is 2. The maximum Gasteiger partial charge on any atom is 0.463 e.